The van der Waals surface area contributed by atoms with E-state index >= 15 is 0 Å². The van der Waals surface area contributed by atoms with Gasteiger partial charge in [-0.2, -0.15) is 0 Å². The van der Waals surface area contributed by atoms with Gasteiger partial charge in [-0.25, -0.2) is 0 Å². The Hall–Kier alpha value is -0.120. The number of rotatable bonds is 7. The van der Waals surface area contributed by atoms with Crippen LogP contribution in [0.5, 0.6) is 0 Å². The molecule has 0 amide bonds. The molecule has 0 fully saturated rings. The molecule has 0 aliphatic rings. The van der Waals surface area contributed by atoms with Gasteiger partial charge in [0.25, 0.3) is 0 Å². The maximum absolute atomic E-state index is 5.45. The van der Waals surface area contributed by atoms with Gasteiger partial charge in [-0.3, -0.25) is 0 Å². The highest BCUT2D eigenvalue weighted by Gasteiger charge is 2.10. The van der Waals surface area contributed by atoms with Crippen LogP contribution in [0.2, 0.25) is 0 Å². The lowest BCUT2D eigenvalue weighted by Crippen LogP contribution is -2.29. The van der Waals surface area contributed by atoms with Crippen molar-refractivity contribution in [3.63, 3.8) is 0 Å². The molecule has 0 radical (unpaired) electrons. The van der Waals surface area contributed by atoms with Crippen molar-refractivity contribution in [2.24, 2.45) is 0 Å². The number of hydrogen-bond acceptors (Lipinski definition) is 3. The number of nitrogens with zero attached hydrogens (tertiary/aromatic N) is 1. The van der Waals surface area contributed by atoms with Crippen LogP contribution in [0.3, 0.4) is 0 Å². The van der Waals surface area contributed by atoms with Crippen molar-refractivity contribution in [2.45, 2.75) is 39.3 Å². The van der Waals surface area contributed by atoms with Crippen molar-refractivity contribution in [1.82, 2.24) is 4.90 Å². The van der Waals surface area contributed by atoms with E-state index in [1.165, 1.54) is 0 Å². The number of hydrogen-bond donors (Lipinski definition) is 0. The molecule has 13 heavy (non-hydrogen) atoms. The molecule has 3 heteroatoms. The van der Waals surface area contributed by atoms with E-state index in [-0.39, 0.29) is 6.10 Å². The minimum Gasteiger partial charge on any atom is -0.356 e. The summed E-state index contributed by atoms with van der Waals surface area (Å²) < 4.78 is 10.6. The van der Waals surface area contributed by atoms with E-state index in [9.17, 15) is 0 Å². The fourth-order valence-electron chi connectivity index (χ4n) is 1.01. The summed E-state index contributed by atoms with van der Waals surface area (Å²) in [5.41, 5.74) is 0. The second kappa shape index (κ2) is 7.30. The zero-order chi connectivity index (χ0) is 10.3. The average Bonchev–Trinajstić information content (AvgIpc) is 2.04. The van der Waals surface area contributed by atoms with Crippen molar-refractivity contribution in [2.75, 3.05) is 27.5 Å². The predicted octanol–water partition coefficient (Wildman–Crippen LogP) is 1.73. The van der Waals surface area contributed by atoms with E-state index in [2.05, 4.69) is 32.8 Å². The maximum atomic E-state index is 5.45. The van der Waals surface area contributed by atoms with Gasteiger partial charge in [0, 0.05) is 12.6 Å². The van der Waals surface area contributed by atoms with Crippen LogP contribution in [0.25, 0.3) is 0 Å². The Kier molecular flexibility index (Phi) is 7.23. The Labute approximate surface area is 82.0 Å². The smallest absolute Gasteiger partial charge is 0.147 e. The first-order valence-corrected chi connectivity index (χ1v) is 4.93. The van der Waals surface area contributed by atoms with Crippen LogP contribution in [-0.2, 0) is 9.47 Å². The molecule has 0 spiro atoms. The molecule has 0 aliphatic heterocycles. The van der Waals surface area contributed by atoms with Crippen LogP contribution < -0.4 is 0 Å². The summed E-state index contributed by atoms with van der Waals surface area (Å²) in [5.74, 6) is 0. The Morgan fingerprint density at radius 1 is 1.23 bits per heavy atom. The second-order valence-corrected chi connectivity index (χ2v) is 3.64. The monoisotopic (exact) mass is 189 g/mol. The van der Waals surface area contributed by atoms with E-state index in [0.717, 1.165) is 13.0 Å². The largest absolute Gasteiger partial charge is 0.356 e. The second-order valence-electron chi connectivity index (χ2n) is 3.64. The molecule has 2 atom stereocenters. The number of ether oxygens (including phenoxy) is 2. The molecule has 0 N–H and O–H groups in total. The lowest BCUT2D eigenvalue weighted by molar-refractivity contribution is -0.0861. The van der Waals surface area contributed by atoms with Gasteiger partial charge in [0.05, 0.1) is 6.10 Å². The quantitative estimate of drug-likeness (QED) is 0.449. The molecule has 0 aliphatic carbocycles. The average molecular weight is 189 g/mol. The molecule has 0 aromatic rings. The summed E-state index contributed by atoms with van der Waals surface area (Å²) >= 11 is 0. The zero-order valence-electron chi connectivity index (χ0n) is 9.54. The molecule has 80 valence electrons. The molecule has 0 aromatic heterocycles. The first kappa shape index (κ1) is 12.9. The lowest BCUT2D eigenvalue weighted by atomic mass is 10.1. The molecular weight excluding hydrogens is 166 g/mol. The molecular formula is C10H23NO2. The van der Waals surface area contributed by atoms with Gasteiger partial charge < -0.3 is 14.4 Å². The van der Waals surface area contributed by atoms with Crippen molar-refractivity contribution in [3.05, 3.63) is 0 Å². The maximum Gasteiger partial charge on any atom is 0.147 e. The molecule has 3 nitrogen and oxygen atoms in total. The summed E-state index contributed by atoms with van der Waals surface area (Å²) in [6.07, 6.45) is 1.31. The molecule has 0 saturated heterocycles. The van der Waals surface area contributed by atoms with Crippen molar-refractivity contribution >= 4 is 0 Å². The van der Waals surface area contributed by atoms with E-state index in [4.69, 9.17) is 9.47 Å². The van der Waals surface area contributed by atoms with Crippen LogP contribution in [0, 0.1) is 0 Å². The summed E-state index contributed by atoms with van der Waals surface area (Å²) in [7, 11) is 4.17. The van der Waals surface area contributed by atoms with E-state index in [1.807, 2.05) is 6.92 Å². The van der Waals surface area contributed by atoms with Gasteiger partial charge in [0.2, 0.25) is 0 Å². The Balaban J connectivity index is 3.43. The standard InChI is InChI=1S/C10H23NO2/c1-6-12-8-13-10(3)7-9(2)11(4)5/h9-10H,6-8H2,1-5H3. The highest BCUT2D eigenvalue weighted by Crippen LogP contribution is 2.05. The van der Waals surface area contributed by atoms with E-state index < -0.39 is 0 Å². The van der Waals surface area contributed by atoms with Crippen LogP contribution in [0.1, 0.15) is 27.2 Å². The first-order chi connectivity index (χ1) is 6.07. The van der Waals surface area contributed by atoms with E-state index in [0.29, 0.717) is 12.8 Å². The predicted molar refractivity (Wildman–Crippen MR) is 54.8 cm³/mol. The minimum atomic E-state index is 0.268. The first-order valence-electron chi connectivity index (χ1n) is 4.93. The third-order valence-electron chi connectivity index (χ3n) is 2.19. The minimum absolute atomic E-state index is 0.268. The normalized spacial score (nSPS) is 16.2. The van der Waals surface area contributed by atoms with Crippen molar-refractivity contribution in [1.29, 1.82) is 0 Å². The van der Waals surface area contributed by atoms with Gasteiger partial charge in [-0.15, -0.1) is 0 Å². The molecule has 0 aromatic carbocycles. The fraction of sp³-hybridized carbons (Fsp3) is 1.00. The van der Waals surface area contributed by atoms with Gasteiger partial charge >= 0.3 is 0 Å². The molecule has 0 rings (SSSR count). The van der Waals surface area contributed by atoms with Gasteiger partial charge in [-0.1, -0.05) is 0 Å². The van der Waals surface area contributed by atoms with Crippen LogP contribution in [0.15, 0.2) is 0 Å². The van der Waals surface area contributed by atoms with E-state index in [1.54, 1.807) is 0 Å². The summed E-state index contributed by atoms with van der Waals surface area (Å²) in [5, 5.41) is 0. The van der Waals surface area contributed by atoms with Crippen LogP contribution in [0.4, 0.5) is 0 Å². The third kappa shape index (κ3) is 6.99. The highest BCUT2D eigenvalue weighted by molar-refractivity contribution is 4.63. The van der Waals surface area contributed by atoms with Crippen LogP contribution in [-0.4, -0.2) is 44.5 Å². The lowest BCUT2D eigenvalue weighted by Gasteiger charge is -2.23. The topological polar surface area (TPSA) is 21.7 Å². The van der Waals surface area contributed by atoms with Crippen molar-refractivity contribution in [3.8, 4) is 0 Å². The summed E-state index contributed by atoms with van der Waals surface area (Å²) in [6, 6.07) is 0.552. The van der Waals surface area contributed by atoms with Gasteiger partial charge in [0.1, 0.15) is 6.79 Å². The Morgan fingerprint density at radius 2 is 1.85 bits per heavy atom. The molecule has 2 unspecified atom stereocenters. The van der Waals surface area contributed by atoms with Crippen LogP contribution >= 0.6 is 0 Å². The van der Waals surface area contributed by atoms with Gasteiger partial charge in [-0.05, 0) is 41.3 Å². The molecule has 0 heterocycles. The summed E-state index contributed by atoms with van der Waals surface area (Å²) in [4.78, 5) is 2.19. The highest BCUT2D eigenvalue weighted by atomic mass is 16.7. The Bertz CT molecular complexity index is 117. The Morgan fingerprint density at radius 3 is 2.31 bits per heavy atom. The third-order valence-corrected chi connectivity index (χ3v) is 2.19. The SMILES string of the molecule is CCOCOC(C)CC(C)N(C)C. The summed E-state index contributed by atoms with van der Waals surface area (Å²) in [6.45, 7) is 7.38. The van der Waals surface area contributed by atoms with Gasteiger partial charge in [0.15, 0.2) is 0 Å². The molecule has 0 saturated carbocycles. The zero-order valence-corrected chi connectivity index (χ0v) is 9.54. The molecule has 0 bridgehead atoms. The fourth-order valence-corrected chi connectivity index (χ4v) is 1.01. The van der Waals surface area contributed by atoms with Crippen molar-refractivity contribution < 1.29 is 9.47 Å².